The van der Waals surface area contributed by atoms with Crippen LogP contribution in [0.4, 0.5) is 11.4 Å². The fraction of sp³-hybridized carbons (Fsp3) is 0.167. The molecule has 3 aliphatic rings. The first-order valence-electron chi connectivity index (χ1n) is 14.3. The lowest BCUT2D eigenvalue weighted by molar-refractivity contribution is -0.151. The number of hydrogen-bond donors (Lipinski definition) is 0. The molecule has 0 radical (unpaired) electrons. The predicted octanol–water partition coefficient (Wildman–Crippen LogP) is 5.61. The van der Waals surface area contributed by atoms with Gasteiger partial charge in [0.1, 0.15) is 6.04 Å². The normalized spacial score (nSPS) is 21.9. The topological polar surface area (TPSA) is 84.0 Å². The molecular formula is C36H28N2O5. The van der Waals surface area contributed by atoms with Crippen molar-refractivity contribution >= 4 is 41.0 Å². The first kappa shape index (κ1) is 26.6. The monoisotopic (exact) mass is 568 g/mol. The molecule has 7 nitrogen and oxygen atoms in total. The molecule has 0 bridgehead atoms. The number of ketones is 1. The highest BCUT2D eigenvalue weighted by atomic mass is 16.5. The SMILES string of the molecule is CC(=O)c1ccc(N2C(=O)[C@@H]3[C@@H](C2=O)[C@@H](C(=O)OC(c2ccccc2)c2ccccc2)N2c4ccccc4C=C[C@H]32)cc1. The molecule has 0 spiro atoms. The molecule has 212 valence electrons. The van der Waals surface area contributed by atoms with Crippen LogP contribution in [0.15, 0.2) is 115 Å². The van der Waals surface area contributed by atoms with Gasteiger partial charge in [0.15, 0.2) is 11.9 Å². The summed E-state index contributed by atoms with van der Waals surface area (Å²) in [6.45, 7) is 1.46. The number of esters is 1. The second kappa shape index (κ2) is 10.5. The Morgan fingerprint density at radius 1 is 0.721 bits per heavy atom. The second-order valence-electron chi connectivity index (χ2n) is 11.1. The molecule has 3 heterocycles. The number of Topliss-reactive ketones (excluding diaryl/α,β-unsaturated/α-hetero) is 1. The molecule has 0 aliphatic carbocycles. The summed E-state index contributed by atoms with van der Waals surface area (Å²) in [5.41, 5.74) is 4.13. The Bertz CT molecular complexity index is 1730. The van der Waals surface area contributed by atoms with Gasteiger partial charge in [0.2, 0.25) is 11.8 Å². The van der Waals surface area contributed by atoms with E-state index >= 15 is 0 Å². The first-order chi connectivity index (χ1) is 20.9. The Morgan fingerprint density at radius 2 is 1.30 bits per heavy atom. The van der Waals surface area contributed by atoms with Crippen LogP contribution >= 0.6 is 0 Å². The number of fused-ring (bicyclic) bond motifs is 5. The lowest BCUT2D eigenvalue weighted by atomic mass is 9.88. The molecule has 7 heteroatoms. The number of imide groups is 1. The third-order valence-corrected chi connectivity index (χ3v) is 8.63. The molecule has 2 saturated heterocycles. The van der Waals surface area contributed by atoms with Crippen LogP contribution < -0.4 is 9.80 Å². The van der Waals surface area contributed by atoms with Crippen LogP contribution in [0.1, 0.15) is 40.1 Å². The van der Waals surface area contributed by atoms with E-state index in [1.165, 1.54) is 6.92 Å². The summed E-state index contributed by atoms with van der Waals surface area (Å²) in [6.07, 6.45) is 3.15. The lowest BCUT2D eigenvalue weighted by Gasteiger charge is -2.36. The Labute approximate surface area is 249 Å². The maximum absolute atomic E-state index is 14.4. The van der Waals surface area contributed by atoms with E-state index in [0.717, 1.165) is 27.3 Å². The number of hydrogen-bond acceptors (Lipinski definition) is 6. The molecule has 43 heavy (non-hydrogen) atoms. The van der Waals surface area contributed by atoms with Crippen molar-refractivity contribution in [3.8, 4) is 0 Å². The molecule has 0 saturated carbocycles. The molecule has 4 aromatic rings. The van der Waals surface area contributed by atoms with Crippen LogP contribution in [0.5, 0.6) is 0 Å². The van der Waals surface area contributed by atoms with Gasteiger partial charge in [0.25, 0.3) is 0 Å². The van der Waals surface area contributed by atoms with Crippen molar-refractivity contribution in [2.24, 2.45) is 11.8 Å². The molecule has 0 aromatic heterocycles. The zero-order valence-corrected chi connectivity index (χ0v) is 23.4. The minimum Gasteiger partial charge on any atom is -0.451 e. The van der Waals surface area contributed by atoms with Crippen molar-refractivity contribution in [1.29, 1.82) is 0 Å². The highest BCUT2D eigenvalue weighted by molar-refractivity contribution is 6.24. The summed E-state index contributed by atoms with van der Waals surface area (Å²) >= 11 is 0. The van der Waals surface area contributed by atoms with E-state index in [1.54, 1.807) is 24.3 Å². The summed E-state index contributed by atoms with van der Waals surface area (Å²) in [4.78, 5) is 57.5. The number of benzene rings is 4. The minimum absolute atomic E-state index is 0.113. The van der Waals surface area contributed by atoms with Crippen LogP contribution in [0.25, 0.3) is 6.08 Å². The summed E-state index contributed by atoms with van der Waals surface area (Å²) < 4.78 is 6.32. The zero-order valence-electron chi connectivity index (χ0n) is 23.4. The number of ether oxygens (including phenoxy) is 1. The van der Waals surface area contributed by atoms with Gasteiger partial charge in [0, 0.05) is 11.3 Å². The number of nitrogens with zero attached hydrogens (tertiary/aromatic N) is 2. The molecule has 0 N–H and O–H groups in total. The maximum atomic E-state index is 14.4. The van der Waals surface area contributed by atoms with Crippen molar-refractivity contribution in [1.82, 2.24) is 0 Å². The van der Waals surface area contributed by atoms with E-state index < -0.39 is 41.9 Å². The molecule has 3 aliphatic heterocycles. The average molecular weight is 569 g/mol. The lowest BCUT2D eigenvalue weighted by Crippen LogP contribution is -2.49. The van der Waals surface area contributed by atoms with Crippen molar-refractivity contribution in [2.45, 2.75) is 25.1 Å². The van der Waals surface area contributed by atoms with Crippen LogP contribution in [0.3, 0.4) is 0 Å². The average Bonchev–Trinajstić information content (AvgIpc) is 3.53. The van der Waals surface area contributed by atoms with Gasteiger partial charge in [-0.3, -0.25) is 14.4 Å². The third kappa shape index (κ3) is 4.36. The molecule has 4 aromatic carbocycles. The van der Waals surface area contributed by atoms with Crippen LogP contribution in [0.2, 0.25) is 0 Å². The first-order valence-corrected chi connectivity index (χ1v) is 14.3. The smallest absolute Gasteiger partial charge is 0.330 e. The number of carbonyl (C=O) groups is 4. The van der Waals surface area contributed by atoms with E-state index in [9.17, 15) is 19.2 Å². The van der Waals surface area contributed by atoms with Gasteiger partial charge in [-0.1, -0.05) is 91.0 Å². The Kier molecular flexibility index (Phi) is 6.50. The van der Waals surface area contributed by atoms with Gasteiger partial charge in [-0.15, -0.1) is 0 Å². The summed E-state index contributed by atoms with van der Waals surface area (Å²) in [5.74, 6) is -3.26. The Morgan fingerprint density at radius 3 is 1.93 bits per heavy atom. The van der Waals surface area contributed by atoms with Gasteiger partial charge in [-0.2, -0.15) is 0 Å². The standard InChI is InChI=1S/C36H28N2O5/c1-22(39)23-16-19-27(20-17-23)37-34(40)30-29-21-18-24-10-8-9-15-28(24)38(29)32(31(30)35(37)41)36(42)43-33(25-11-4-2-5-12-25)26-13-6-3-7-14-26/h2-21,29-33H,1H3/t29-,30+,31-,32+/m1/s1. The minimum atomic E-state index is -1.03. The zero-order chi connectivity index (χ0) is 29.7. The van der Waals surface area contributed by atoms with Gasteiger partial charge in [-0.05, 0) is 53.9 Å². The van der Waals surface area contributed by atoms with E-state index in [4.69, 9.17) is 4.74 Å². The largest absolute Gasteiger partial charge is 0.451 e. The Balaban J connectivity index is 1.30. The maximum Gasteiger partial charge on any atom is 0.330 e. The van der Waals surface area contributed by atoms with Crippen molar-refractivity contribution in [3.63, 3.8) is 0 Å². The molecular weight excluding hydrogens is 540 g/mol. The number of carbonyl (C=O) groups excluding carboxylic acids is 4. The highest BCUT2D eigenvalue weighted by Gasteiger charge is 2.65. The van der Waals surface area contributed by atoms with E-state index in [-0.39, 0.29) is 11.7 Å². The highest BCUT2D eigenvalue weighted by Crippen LogP contribution is 2.49. The number of amides is 2. The van der Waals surface area contributed by atoms with Crippen LogP contribution in [-0.4, -0.2) is 35.7 Å². The van der Waals surface area contributed by atoms with Gasteiger partial charge >= 0.3 is 5.97 Å². The fourth-order valence-corrected chi connectivity index (χ4v) is 6.65. The molecule has 2 amide bonds. The van der Waals surface area contributed by atoms with Crippen LogP contribution in [-0.2, 0) is 19.1 Å². The van der Waals surface area contributed by atoms with Gasteiger partial charge in [0.05, 0.1) is 23.6 Å². The van der Waals surface area contributed by atoms with Gasteiger partial charge < -0.3 is 9.64 Å². The summed E-state index contributed by atoms with van der Waals surface area (Å²) in [7, 11) is 0. The molecule has 7 rings (SSSR count). The number of rotatable bonds is 6. The van der Waals surface area contributed by atoms with Crippen LogP contribution in [0, 0.1) is 11.8 Å². The second-order valence-corrected chi connectivity index (χ2v) is 11.1. The number of anilines is 2. The van der Waals surface area contributed by atoms with Crippen molar-refractivity contribution < 1.29 is 23.9 Å². The summed E-state index contributed by atoms with van der Waals surface area (Å²) in [6, 6.07) is 31.5. The predicted molar refractivity (Wildman–Crippen MR) is 162 cm³/mol. The van der Waals surface area contributed by atoms with Crippen molar-refractivity contribution in [3.05, 3.63) is 138 Å². The van der Waals surface area contributed by atoms with E-state index in [2.05, 4.69) is 0 Å². The quantitative estimate of drug-likeness (QED) is 0.171. The van der Waals surface area contributed by atoms with Crippen molar-refractivity contribution in [2.75, 3.05) is 9.80 Å². The third-order valence-electron chi connectivity index (χ3n) is 8.63. The molecule has 0 unspecified atom stereocenters. The van der Waals surface area contributed by atoms with Gasteiger partial charge in [-0.25, -0.2) is 9.69 Å². The van der Waals surface area contributed by atoms with E-state index in [0.29, 0.717) is 11.3 Å². The molecule has 4 atom stereocenters. The fourth-order valence-electron chi connectivity index (χ4n) is 6.65. The summed E-state index contributed by atoms with van der Waals surface area (Å²) in [5, 5.41) is 0. The Hall–Kier alpha value is -5.30. The molecule has 2 fully saturated rings. The number of para-hydroxylation sites is 1. The van der Waals surface area contributed by atoms with E-state index in [1.807, 2.05) is 102 Å².